The quantitative estimate of drug-likeness (QED) is 0.263. The van der Waals surface area contributed by atoms with Gasteiger partial charge < -0.3 is 14.5 Å². The van der Waals surface area contributed by atoms with Gasteiger partial charge in [0.2, 0.25) is 0 Å². The zero-order valence-corrected chi connectivity index (χ0v) is 20.3. The molecule has 1 aromatic carbocycles. The third-order valence-electron chi connectivity index (χ3n) is 3.87. The fraction of sp³-hybridized carbons (Fsp3) is 0.350. The zero-order chi connectivity index (χ0) is 22.3. The standard InChI is InChI=1S/C20H22Cl2IN3O4/c1-11(2)8-16(20(28)26-24-10-14-5-7-18(23)30-14)25-19(27)12(3)29-17-6-4-13(21)9-15(17)22/h4-7,9-12,16H,8H2,1-3H3,(H,25,27)(H,26,28)/b24-10-/t12-,16-/m0/s1. The summed E-state index contributed by atoms with van der Waals surface area (Å²) in [6.07, 6.45) is 0.947. The van der Waals surface area contributed by atoms with Crippen LogP contribution >= 0.6 is 45.8 Å². The summed E-state index contributed by atoms with van der Waals surface area (Å²) in [6, 6.07) is 7.44. The topological polar surface area (TPSA) is 92.9 Å². The van der Waals surface area contributed by atoms with Crippen molar-refractivity contribution in [2.45, 2.75) is 39.3 Å². The van der Waals surface area contributed by atoms with Gasteiger partial charge in [0.25, 0.3) is 11.8 Å². The summed E-state index contributed by atoms with van der Waals surface area (Å²) in [5.41, 5.74) is 2.43. The average Bonchev–Trinajstić information content (AvgIpc) is 3.08. The largest absolute Gasteiger partial charge is 0.479 e. The number of amides is 2. The number of hydrogen-bond acceptors (Lipinski definition) is 5. The number of carbonyl (C=O) groups is 2. The predicted molar refractivity (Wildman–Crippen MR) is 125 cm³/mol. The fourth-order valence-electron chi connectivity index (χ4n) is 2.44. The molecule has 2 aromatic rings. The van der Waals surface area contributed by atoms with Crippen LogP contribution in [0.3, 0.4) is 0 Å². The molecule has 2 atom stereocenters. The van der Waals surface area contributed by atoms with Crippen LogP contribution in [0.2, 0.25) is 10.0 Å². The molecule has 0 unspecified atom stereocenters. The number of furan rings is 1. The molecule has 0 spiro atoms. The molecule has 7 nitrogen and oxygen atoms in total. The molecule has 30 heavy (non-hydrogen) atoms. The highest BCUT2D eigenvalue weighted by Crippen LogP contribution is 2.28. The molecule has 1 heterocycles. The zero-order valence-electron chi connectivity index (χ0n) is 16.6. The Hall–Kier alpha value is -1.78. The van der Waals surface area contributed by atoms with Crippen molar-refractivity contribution < 1.29 is 18.7 Å². The van der Waals surface area contributed by atoms with E-state index in [0.29, 0.717) is 31.7 Å². The summed E-state index contributed by atoms with van der Waals surface area (Å²) < 4.78 is 11.7. The van der Waals surface area contributed by atoms with Crippen molar-refractivity contribution >= 4 is 63.8 Å². The molecule has 0 aliphatic rings. The molecule has 2 amide bonds. The van der Waals surface area contributed by atoms with Crippen LogP contribution in [-0.4, -0.2) is 30.2 Å². The Labute approximate surface area is 198 Å². The van der Waals surface area contributed by atoms with E-state index in [1.54, 1.807) is 31.2 Å². The average molecular weight is 566 g/mol. The van der Waals surface area contributed by atoms with E-state index >= 15 is 0 Å². The van der Waals surface area contributed by atoms with Crippen LogP contribution in [0.5, 0.6) is 5.75 Å². The number of nitrogens with zero attached hydrogens (tertiary/aromatic N) is 1. The van der Waals surface area contributed by atoms with Gasteiger partial charge in [-0.15, -0.1) is 0 Å². The molecule has 0 fully saturated rings. The maximum Gasteiger partial charge on any atom is 0.262 e. The Balaban J connectivity index is 1.98. The van der Waals surface area contributed by atoms with E-state index in [1.807, 2.05) is 36.4 Å². The van der Waals surface area contributed by atoms with Gasteiger partial charge >= 0.3 is 0 Å². The predicted octanol–water partition coefficient (Wildman–Crippen LogP) is 4.64. The number of nitrogens with one attached hydrogen (secondary N) is 2. The number of hydrazone groups is 1. The number of rotatable bonds is 9. The van der Waals surface area contributed by atoms with Crippen molar-refractivity contribution in [1.82, 2.24) is 10.7 Å². The van der Waals surface area contributed by atoms with Gasteiger partial charge in [-0.1, -0.05) is 37.0 Å². The molecule has 0 bridgehead atoms. The van der Waals surface area contributed by atoms with Crippen molar-refractivity contribution in [1.29, 1.82) is 0 Å². The first-order valence-electron chi connectivity index (χ1n) is 9.16. The summed E-state index contributed by atoms with van der Waals surface area (Å²) in [6.45, 7) is 5.48. The van der Waals surface area contributed by atoms with Crippen molar-refractivity contribution in [3.8, 4) is 5.75 Å². The highest BCUT2D eigenvalue weighted by atomic mass is 127. The molecule has 2 rings (SSSR count). The van der Waals surface area contributed by atoms with Gasteiger partial charge in [0, 0.05) is 5.02 Å². The molecule has 0 aliphatic carbocycles. The first kappa shape index (κ1) is 24.5. The number of carbonyl (C=O) groups excluding carboxylic acids is 2. The van der Waals surface area contributed by atoms with Crippen LogP contribution in [0.25, 0.3) is 0 Å². The first-order chi connectivity index (χ1) is 14.2. The van der Waals surface area contributed by atoms with Crippen LogP contribution < -0.4 is 15.5 Å². The van der Waals surface area contributed by atoms with Crippen LogP contribution in [0.4, 0.5) is 0 Å². The van der Waals surface area contributed by atoms with E-state index in [1.165, 1.54) is 12.3 Å². The fourth-order valence-corrected chi connectivity index (χ4v) is 3.33. The van der Waals surface area contributed by atoms with E-state index in [0.717, 1.165) is 0 Å². The van der Waals surface area contributed by atoms with E-state index < -0.39 is 24.0 Å². The van der Waals surface area contributed by atoms with Crippen molar-refractivity contribution in [2.24, 2.45) is 11.0 Å². The van der Waals surface area contributed by atoms with Crippen molar-refractivity contribution in [3.05, 3.63) is 49.9 Å². The highest BCUT2D eigenvalue weighted by Gasteiger charge is 2.25. The van der Waals surface area contributed by atoms with Crippen molar-refractivity contribution in [2.75, 3.05) is 0 Å². The van der Waals surface area contributed by atoms with Crippen LogP contribution in [0.15, 0.2) is 39.9 Å². The minimum Gasteiger partial charge on any atom is -0.479 e. The monoisotopic (exact) mass is 565 g/mol. The molecule has 2 N–H and O–H groups in total. The summed E-state index contributed by atoms with van der Waals surface area (Å²) in [5, 5.41) is 7.35. The lowest BCUT2D eigenvalue weighted by atomic mass is 10.0. The second-order valence-electron chi connectivity index (χ2n) is 6.90. The molecule has 10 heteroatoms. The molecule has 0 saturated carbocycles. The summed E-state index contributed by atoms with van der Waals surface area (Å²) in [5.74, 6) is 0.105. The second kappa shape index (κ2) is 11.6. The summed E-state index contributed by atoms with van der Waals surface area (Å²) in [4.78, 5) is 25.1. The van der Waals surface area contributed by atoms with Gasteiger partial charge in [-0.2, -0.15) is 5.10 Å². The van der Waals surface area contributed by atoms with Crippen LogP contribution in [0, 0.1) is 9.68 Å². The molecular weight excluding hydrogens is 544 g/mol. The highest BCUT2D eigenvalue weighted by molar-refractivity contribution is 14.1. The second-order valence-corrected chi connectivity index (χ2v) is 8.81. The lowest BCUT2D eigenvalue weighted by Crippen LogP contribution is -2.49. The third-order valence-corrected chi connectivity index (χ3v) is 4.98. The Kier molecular flexibility index (Phi) is 9.44. The number of halogens is 3. The van der Waals surface area contributed by atoms with Gasteiger partial charge in [0.05, 0.1) is 11.2 Å². The van der Waals surface area contributed by atoms with Gasteiger partial charge in [0.1, 0.15) is 17.6 Å². The normalized spacial score (nSPS) is 13.3. The molecule has 0 radical (unpaired) electrons. The molecule has 0 saturated heterocycles. The minimum atomic E-state index is -0.875. The van der Waals surface area contributed by atoms with Gasteiger partial charge in [-0.3, -0.25) is 9.59 Å². The van der Waals surface area contributed by atoms with Gasteiger partial charge in [-0.05, 0) is 72.2 Å². The van der Waals surface area contributed by atoms with E-state index in [2.05, 4.69) is 15.8 Å². The van der Waals surface area contributed by atoms with E-state index in [4.69, 9.17) is 32.4 Å². The number of benzene rings is 1. The van der Waals surface area contributed by atoms with E-state index in [-0.39, 0.29) is 5.92 Å². The molecular formula is C20H22Cl2IN3O4. The smallest absolute Gasteiger partial charge is 0.262 e. The minimum absolute atomic E-state index is 0.165. The first-order valence-corrected chi connectivity index (χ1v) is 11.0. The Bertz CT molecular complexity index is 917. The maximum absolute atomic E-state index is 12.6. The van der Waals surface area contributed by atoms with Crippen molar-refractivity contribution in [3.63, 3.8) is 0 Å². The number of hydrogen-bond donors (Lipinski definition) is 2. The molecule has 1 aromatic heterocycles. The Morgan fingerprint density at radius 1 is 1.20 bits per heavy atom. The lowest BCUT2D eigenvalue weighted by molar-refractivity contribution is -0.132. The lowest BCUT2D eigenvalue weighted by Gasteiger charge is -2.22. The van der Waals surface area contributed by atoms with Gasteiger partial charge in [0.15, 0.2) is 9.87 Å². The summed E-state index contributed by atoms with van der Waals surface area (Å²) >= 11 is 14.0. The van der Waals surface area contributed by atoms with E-state index in [9.17, 15) is 9.59 Å². The summed E-state index contributed by atoms with van der Waals surface area (Å²) in [7, 11) is 0. The molecule has 0 aliphatic heterocycles. The van der Waals surface area contributed by atoms with Crippen LogP contribution in [0.1, 0.15) is 33.0 Å². The molecule has 162 valence electrons. The Morgan fingerprint density at radius 3 is 2.53 bits per heavy atom. The van der Waals surface area contributed by atoms with Crippen LogP contribution in [-0.2, 0) is 9.59 Å². The third kappa shape index (κ3) is 7.81. The number of ether oxygens (including phenoxy) is 1. The maximum atomic E-state index is 12.6. The SMILES string of the molecule is CC(C)C[C@H](NC(=O)[C@H](C)Oc1ccc(Cl)cc1Cl)C(=O)N/N=C\c1ccc(I)o1. The Morgan fingerprint density at radius 2 is 1.93 bits per heavy atom. The van der Waals surface area contributed by atoms with Gasteiger partial charge in [-0.25, -0.2) is 5.43 Å².